The van der Waals surface area contributed by atoms with Crippen LogP contribution in [0.5, 0.6) is 0 Å². The van der Waals surface area contributed by atoms with Crippen LogP contribution < -0.4 is 5.73 Å². The minimum absolute atomic E-state index is 0.778. The van der Waals surface area contributed by atoms with Crippen LogP contribution in [0.3, 0.4) is 0 Å². The second-order valence-corrected chi connectivity index (χ2v) is 6.12. The van der Waals surface area contributed by atoms with Crippen LogP contribution in [0.4, 0.5) is 0 Å². The molecule has 0 aromatic rings. The van der Waals surface area contributed by atoms with E-state index >= 15 is 0 Å². The molecule has 1 aliphatic rings. The topological polar surface area (TPSA) is 26.0 Å². The lowest BCUT2D eigenvalue weighted by Gasteiger charge is -2.37. The summed E-state index contributed by atoms with van der Waals surface area (Å²) in [5.74, 6) is 4.35. The predicted octanol–water partition coefficient (Wildman–Crippen LogP) is 4.07. The highest BCUT2D eigenvalue weighted by atomic mass is 14.6. The fraction of sp³-hybridized carbons (Fsp3) is 1.00. The quantitative estimate of drug-likeness (QED) is 0.770. The van der Waals surface area contributed by atoms with Crippen LogP contribution >= 0.6 is 0 Å². The van der Waals surface area contributed by atoms with E-state index in [2.05, 4.69) is 27.7 Å². The number of nitrogens with two attached hydrogens (primary N) is 1. The molecule has 0 radical (unpaired) electrons. The molecular formula is C15H31N. The largest absolute Gasteiger partial charge is 0.330 e. The summed E-state index contributed by atoms with van der Waals surface area (Å²) in [5, 5.41) is 0. The summed E-state index contributed by atoms with van der Waals surface area (Å²) in [4.78, 5) is 0. The van der Waals surface area contributed by atoms with E-state index < -0.39 is 0 Å². The monoisotopic (exact) mass is 225 g/mol. The van der Waals surface area contributed by atoms with Crippen LogP contribution in [0.1, 0.15) is 59.8 Å². The molecule has 0 aromatic carbocycles. The molecule has 1 saturated carbocycles. The van der Waals surface area contributed by atoms with Crippen molar-refractivity contribution in [3.8, 4) is 0 Å². The van der Waals surface area contributed by atoms with Gasteiger partial charge in [-0.05, 0) is 55.4 Å². The van der Waals surface area contributed by atoms with Crippen molar-refractivity contribution in [2.45, 2.75) is 59.8 Å². The van der Waals surface area contributed by atoms with Gasteiger partial charge >= 0.3 is 0 Å². The second-order valence-electron chi connectivity index (χ2n) is 6.12. The maximum atomic E-state index is 6.00. The SMILES string of the molecule is CCC1CC(CN)C(CC)CC(C)CC1C. The lowest BCUT2D eigenvalue weighted by atomic mass is 9.69. The third kappa shape index (κ3) is 3.48. The van der Waals surface area contributed by atoms with Crippen LogP contribution in [0.15, 0.2) is 0 Å². The van der Waals surface area contributed by atoms with Crippen molar-refractivity contribution in [3.63, 3.8) is 0 Å². The molecule has 0 heterocycles. The van der Waals surface area contributed by atoms with E-state index in [1.807, 2.05) is 0 Å². The molecule has 5 unspecified atom stereocenters. The summed E-state index contributed by atoms with van der Waals surface area (Å²) < 4.78 is 0. The van der Waals surface area contributed by atoms with Crippen LogP contribution in [-0.2, 0) is 0 Å². The van der Waals surface area contributed by atoms with Gasteiger partial charge in [-0.15, -0.1) is 0 Å². The maximum Gasteiger partial charge on any atom is -0.00461 e. The van der Waals surface area contributed by atoms with Gasteiger partial charge in [-0.3, -0.25) is 0 Å². The first kappa shape index (κ1) is 14.0. The molecule has 0 bridgehead atoms. The van der Waals surface area contributed by atoms with Crippen LogP contribution in [0.25, 0.3) is 0 Å². The Bertz CT molecular complexity index is 190. The fourth-order valence-electron chi connectivity index (χ4n) is 3.80. The highest BCUT2D eigenvalue weighted by Gasteiger charge is 2.30. The molecule has 2 N–H and O–H groups in total. The van der Waals surface area contributed by atoms with Gasteiger partial charge in [0.1, 0.15) is 0 Å². The van der Waals surface area contributed by atoms with Crippen molar-refractivity contribution in [2.24, 2.45) is 35.3 Å². The van der Waals surface area contributed by atoms with Gasteiger partial charge in [0.15, 0.2) is 0 Å². The zero-order valence-electron chi connectivity index (χ0n) is 11.7. The first-order valence-corrected chi connectivity index (χ1v) is 7.32. The fourth-order valence-corrected chi connectivity index (χ4v) is 3.80. The Hall–Kier alpha value is -0.0400. The molecule has 1 heteroatoms. The average molecular weight is 225 g/mol. The van der Waals surface area contributed by atoms with Crippen molar-refractivity contribution >= 4 is 0 Å². The van der Waals surface area contributed by atoms with Gasteiger partial charge in [0.2, 0.25) is 0 Å². The van der Waals surface area contributed by atoms with Crippen LogP contribution in [0.2, 0.25) is 0 Å². The van der Waals surface area contributed by atoms with Gasteiger partial charge in [0.05, 0.1) is 0 Å². The van der Waals surface area contributed by atoms with Crippen molar-refractivity contribution < 1.29 is 0 Å². The second kappa shape index (κ2) is 6.64. The smallest absolute Gasteiger partial charge is 0.00461 e. The minimum atomic E-state index is 0.778. The zero-order valence-corrected chi connectivity index (χ0v) is 11.7. The Balaban J connectivity index is 2.73. The molecule has 1 fully saturated rings. The molecule has 0 saturated heterocycles. The Kier molecular flexibility index (Phi) is 5.82. The molecule has 1 nitrogen and oxygen atoms in total. The highest BCUT2D eigenvalue weighted by molar-refractivity contribution is 4.81. The van der Waals surface area contributed by atoms with Gasteiger partial charge < -0.3 is 5.73 Å². The number of hydrogen-bond acceptors (Lipinski definition) is 1. The Labute approximate surface area is 102 Å². The Morgan fingerprint density at radius 1 is 0.875 bits per heavy atom. The van der Waals surface area contributed by atoms with Crippen molar-refractivity contribution in [3.05, 3.63) is 0 Å². The zero-order chi connectivity index (χ0) is 12.1. The Morgan fingerprint density at radius 2 is 1.50 bits per heavy atom. The summed E-state index contributed by atoms with van der Waals surface area (Å²) in [6.45, 7) is 10.5. The van der Waals surface area contributed by atoms with Gasteiger partial charge in [-0.25, -0.2) is 0 Å². The third-order valence-electron chi connectivity index (χ3n) is 4.91. The molecule has 16 heavy (non-hydrogen) atoms. The lowest BCUT2D eigenvalue weighted by Crippen LogP contribution is -2.31. The summed E-state index contributed by atoms with van der Waals surface area (Å²) in [7, 11) is 0. The van der Waals surface area contributed by atoms with Crippen molar-refractivity contribution in [1.82, 2.24) is 0 Å². The molecule has 5 atom stereocenters. The normalized spacial score (nSPS) is 41.4. The van der Waals surface area contributed by atoms with Crippen molar-refractivity contribution in [1.29, 1.82) is 0 Å². The first-order chi connectivity index (χ1) is 7.62. The van der Waals surface area contributed by atoms with Crippen LogP contribution in [0, 0.1) is 29.6 Å². The molecule has 96 valence electrons. The third-order valence-corrected chi connectivity index (χ3v) is 4.91. The minimum Gasteiger partial charge on any atom is -0.330 e. The molecule has 0 spiro atoms. The standard InChI is InChI=1S/C15H31N/c1-5-13-9-15(10-16)14(6-2)8-11(3)7-12(13)4/h11-15H,5-10,16H2,1-4H3. The lowest BCUT2D eigenvalue weighted by molar-refractivity contribution is 0.142. The van der Waals surface area contributed by atoms with E-state index in [4.69, 9.17) is 5.73 Å². The summed E-state index contributed by atoms with van der Waals surface area (Å²) in [5.41, 5.74) is 6.00. The predicted molar refractivity (Wildman–Crippen MR) is 72.3 cm³/mol. The van der Waals surface area contributed by atoms with E-state index in [0.29, 0.717) is 0 Å². The molecule has 1 rings (SSSR count). The van der Waals surface area contributed by atoms with Crippen LogP contribution in [-0.4, -0.2) is 6.54 Å². The van der Waals surface area contributed by atoms with Crippen molar-refractivity contribution in [2.75, 3.05) is 6.54 Å². The summed E-state index contributed by atoms with van der Waals surface area (Å²) in [6.07, 6.45) is 6.85. The van der Waals surface area contributed by atoms with E-state index in [0.717, 1.165) is 36.1 Å². The first-order valence-electron chi connectivity index (χ1n) is 7.32. The highest BCUT2D eigenvalue weighted by Crippen LogP contribution is 2.38. The van der Waals surface area contributed by atoms with Gasteiger partial charge in [-0.1, -0.05) is 40.5 Å². The average Bonchev–Trinajstić information content (AvgIpc) is 2.26. The molecular weight excluding hydrogens is 194 g/mol. The molecule has 1 aliphatic carbocycles. The van der Waals surface area contributed by atoms with E-state index in [-0.39, 0.29) is 0 Å². The summed E-state index contributed by atoms with van der Waals surface area (Å²) in [6, 6.07) is 0. The molecule has 0 aliphatic heterocycles. The van der Waals surface area contributed by atoms with Gasteiger partial charge in [0.25, 0.3) is 0 Å². The van der Waals surface area contributed by atoms with E-state index in [1.165, 1.54) is 32.1 Å². The molecule has 0 aromatic heterocycles. The summed E-state index contributed by atoms with van der Waals surface area (Å²) >= 11 is 0. The van der Waals surface area contributed by atoms with Gasteiger partial charge in [0, 0.05) is 0 Å². The molecule has 0 amide bonds. The van der Waals surface area contributed by atoms with Gasteiger partial charge in [-0.2, -0.15) is 0 Å². The maximum absolute atomic E-state index is 6.00. The number of hydrogen-bond donors (Lipinski definition) is 1. The van der Waals surface area contributed by atoms with E-state index in [9.17, 15) is 0 Å². The number of rotatable bonds is 3. The Morgan fingerprint density at radius 3 is 2.00 bits per heavy atom. The van der Waals surface area contributed by atoms with E-state index in [1.54, 1.807) is 0 Å².